The van der Waals surface area contributed by atoms with Gasteiger partial charge in [-0.3, -0.25) is 14.7 Å². The molecule has 0 atom stereocenters. The standard InChI is InChI=1S/C23H38N4O2.HI/c1-24-23(25-15-7-4-3-6-10-22(28)29-2)26-18-20-11-13-21(14-12-20)19-27-16-8-5-9-17-27;/h11-14H,3-10,15-19H2,1-2H3,(H2,24,25,26);1H. The molecule has 1 heterocycles. The fraction of sp³-hybridized carbons (Fsp3) is 0.652. The van der Waals surface area contributed by atoms with Gasteiger partial charge in [0.05, 0.1) is 7.11 Å². The van der Waals surface area contributed by atoms with E-state index in [0.29, 0.717) is 6.42 Å². The van der Waals surface area contributed by atoms with E-state index >= 15 is 0 Å². The molecule has 6 nitrogen and oxygen atoms in total. The summed E-state index contributed by atoms with van der Waals surface area (Å²) in [6.07, 6.45) is 8.67. The van der Waals surface area contributed by atoms with Gasteiger partial charge in [0.2, 0.25) is 0 Å². The molecule has 1 aromatic carbocycles. The summed E-state index contributed by atoms with van der Waals surface area (Å²) in [5.74, 6) is 0.712. The van der Waals surface area contributed by atoms with Crippen molar-refractivity contribution in [1.29, 1.82) is 0 Å². The van der Waals surface area contributed by atoms with Crippen LogP contribution < -0.4 is 10.6 Å². The van der Waals surface area contributed by atoms with Crippen molar-refractivity contribution < 1.29 is 9.53 Å². The number of aliphatic imine (C=N–C) groups is 1. The number of methoxy groups -OCH3 is 1. The molecule has 0 unspecified atom stereocenters. The van der Waals surface area contributed by atoms with Gasteiger partial charge in [-0.15, -0.1) is 24.0 Å². The number of nitrogens with one attached hydrogen (secondary N) is 2. The first-order chi connectivity index (χ1) is 14.2. The molecular weight excluding hydrogens is 491 g/mol. The summed E-state index contributed by atoms with van der Waals surface area (Å²) in [4.78, 5) is 17.9. The number of ether oxygens (including phenoxy) is 1. The summed E-state index contributed by atoms with van der Waals surface area (Å²) in [5, 5.41) is 6.74. The van der Waals surface area contributed by atoms with Crippen molar-refractivity contribution >= 4 is 35.9 Å². The fourth-order valence-electron chi connectivity index (χ4n) is 3.60. The molecule has 1 fully saturated rings. The van der Waals surface area contributed by atoms with E-state index in [2.05, 4.69) is 49.5 Å². The molecule has 0 amide bonds. The SMILES string of the molecule is CN=C(NCCCCCCC(=O)OC)NCc1ccc(CN2CCCCC2)cc1.I. The van der Waals surface area contributed by atoms with E-state index in [9.17, 15) is 4.79 Å². The average Bonchev–Trinajstić information content (AvgIpc) is 2.76. The van der Waals surface area contributed by atoms with E-state index in [1.54, 1.807) is 7.05 Å². The minimum absolute atomic E-state index is 0. The topological polar surface area (TPSA) is 66.0 Å². The van der Waals surface area contributed by atoms with E-state index in [1.807, 2.05) is 0 Å². The van der Waals surface area contributed by atoms with Crippen LogP contribution in [0.3, 0.4) is 0 Å². The van der Waals surface area contributed by atoms with Gasteiger partial charge in [-0.2, -0.15) is 0 Å². The molecule has 2 N–H and O–H groups in total. The van der Waals surface area contributed by atoms with Gasteiger partial charge in [-0.05, 0) is 49.9 Å². The van der Waals surface area contributed by atoms with Crippen molar-refractivity contribution in [2.24, 2.45) is 4.99 Å². The molecular formula is C23H39IN4O2. The number of halogens is 1. The second kappa shape index (κ2) is 16.4. The molecule has 0 spiro atoms. The number of esters is 1. The van der Waals surface area contributed by atoms with Gasteiger partial charge < -0.3 is 15.4 Å². The zero-order valence-electron chi connectivity index (χ0n) is 18.6. The lowest BCUT2D eigenvalue weighted by Crippen LogP contribution is -2.37. The Labute approximate surface area is 199 Å². The highest BCUT2D eigenvalue weighted by Gasteiger charge is 2.10. The summed E-state index contributed by atoms with van der Waals surface area (Å²) in [7, 11) is 3.24. The normalized spacial score (nSPS) is 14.7. The maximum absolute atomic E-state index is 11.1. The lowest BCUT2D eigenvalue weighted by atomic mass is 10.1. The number of benzene rings is 1. The van der Waals surface area contributed by atoms with Gasteiger partial charge in [0.25, 0.3) is 0 Å². The van der Waals surface area contributed by atoms with E-state index in [-0.39, 0.29) is 29.9 Å². The molecule has 0 aliphatic carbocycles. The van der Waals surface area contributed by atoms with Crippen molar-refractivity contribution in [2.75, 3.05) is 33.8 Å². The van der Waals surface area contributed by atoms with Crippen molar-refractivity contribution in [3.8, 4) is 0 Å². The Morgan fingerprint density at radius 1 is 1.00 bits per heavy atom. The van der Waals surface area contributed by atoms with Gasteiger partial charge in [0.1, 0.15) is 0 Å². The van der Waals surface area contributed by atoms with Crippen molar-refractivity contribution in [2.45, 2.75) is 64.5 Å². The maximum atomic E-state index is 11.1. The van der Waals surface area contributed by atoms with E-state index in [1.165, 1.54) is 50.6 Å². The Hall–Kier alpha value is -1.35. The highest BCUT2D eigenvalue weighted by molar-refractivity contribution is 14.0. The van der Waals surface area contributed by atoms with Crippen LogP contribution in [0.2, 0.25) is 0 Å². The van der Waals surface area contributed by atoms with E-state index in [4.69, 9.17) is 0 Å². The lowest BCUT2D eigenvalue weighted by Gasteiger charge is -2.26. The number of carbonyl (C=O) groups excluding carboxylic acids is 1. The second-order valence-corrected chi connectivity index (χ2v) is 7.75. The van der Waals surface area contributed by atoms with Crippen molar-refractivity contribution in [3.05, 3.63) is 35.4 Å². The quantitative estimate of drug-likeness (QED) is 0.149. The second-order valence-electron chi connectivity index (χ2n) is 7.75. The number of nitrogens with zero attached hydrogens (tertiary/aromatic N) is 2. The van der Waals surface area contributed by atoms with Crippen LogP contribution in [0.25, 0.3) is 0 Å². The summed E-state index contributed by atoms with van der Waals surface area (Å²) in [5.41, 5.74) is 2.66. The van der Waals surface area contributed by atoms with Gasteiger partial charge >= 0.3 is 5.97 Å². The molecule has 1 aliphatic rings. The lowest BCUT2D eigenvalue weighted by molar-refractivity contribution is -0.140. The van der Waals surface area contributed by atoms with Crippen LogP contribution in [-0.2, 0) is 22.6 Å². The molecule has 1 aromatic rings. The predicted octanol–water partition coefficient (Wildman–Crippen LogP) is 4.08. The minimum Gasteiger partial charge on any atom is -0.469 e. The van der Waals surface area contributed by atoms with Crippen LogP contribution in [0, 0.1) is 0 Å². The van der Waals surface area contributed by atoms with Crippen LogP contribution >= 0.6 is 24.0 Å². The number of hydrogen-bond donors (Lipinski definition) is 2. The number of piperidine rings is 1. The zero-order valence-corrected chi connectivity index (χ0v) is 21.0. The number of rotatable bonds is 11. The van der Waals surface area contributed by atoms with Gasteiger partial charge in [-0.25, -0.2) is 0 Å². The Morgan fingerprint density at radius 3 is 2.33 bits per heavy atom. The maximum Gasteiger partial charge on any atom is 0.305 e. The molecule has 0 radical (unpaired) electrons. The molecule has 170 valence electrons. The Bertz CT molecular complexity index is 616. The Kier molecular flexibility index (Phi) is 14.5. The first kappa shape index (κ1) is 26.7. The van der Waals surface area contributed by atoms with Crippen LogP contribution in [0.4, 0.5) is 0 Å². The molecule has 0 bridgehead atoms. The summed E-state index contributed by atoms with van der Waals surface area (Å²) in [6.45, 7) is 5.18. The Balaban J connectivity index is 0.00000450. The largest absolute Gasteiger partial charge is 0.469 e. The third kappa shape index (κ3) is 11.2. The van der Waals surface area contributed by atoms with Crippen molar-refractivity contribution in [3.63, 3.8) is 0 Å². The monoisotopic (exact) mass is 530 g/mol. The zero-order chi connectivity index (χ0) is 20.7. The third-order valence-electron chi connectivity index (χ3n) is 5.39. The Morgan fingerprint density at radius 2 is 1.67 bits per heavy atom. The fourth-order valence-corrected chi connectivity index (χ4v) is 3.60. The predicted molar refractivity (Wildman–Crippen MR) is 134 cm³/mol. The first-order valence-electron chi connectivity index (χ1n) is 11.0. The van der Waals surface area contributed by atoms with Crippen LogP contribution in [-0.4, -0.2) is 50.6 Å². The number of hydrogen-bond acceptors (Lipinski definition) is 4. The van der Waals surface area contributed by atoms with Gasteiger partial charge in [0.15, 0.2) is 5.96 Å². The van der Waals surface area contributed by atoms with E-state index in [0.717, 1.165) is 51.3 Å². The number of carbonyl (C=O) groups is 1. The molecule has 1 saturated heterocycles. The van der Waals surface area contributed by atoms with Crippen LogP contribution in [0.1, 0.15) is 62.5 Å². The number of likely N-dealkylation sites (tertiary alicyclic amines) is 1. The smallest absolute Gasteiger partial charge is 0.305 e. The molecule has 7 heteroatoms. The summed E-state index contributed by atoms with van der Waals surface area (Å²) >= 11 is 0. The molecule has 2 rings (SSSR count). The molecule has 0 aromatic heterocycles. The van der Waals surface area contributed by atoms with Crippen LogP contribution in [0.5, 0.6) is 0 Å². The van der Waals surface area contributed by atoms with Crippen LogP contribution in [0.15, 0.2) is 29.3 Å². The minimum atomic E-state index is -0.118. The first-order valence-corrected chi connectivity index (χ1v) is 11.0. The summed E-state index contributed by atoms with van der Waals surface area (Å²) in [6, 6.07) is 8.91. The third-order valence-corrected chi connectivity index (χ3v) is 5.39. The molecule has 30 heavy (non-hydrogen) atoms. The molecule has 0 saturated carbocycles. The average molecular weight is 530 g/mol. The van der Waals surface area contributed by atoms with E-state index < -0.39 is 0 Å². The van der Waals surface area contributed by atoms with Gasteiger partial charge in [-0.1, -0.05) is 43.5 Å². The number of unbranched alkanes of at least 4 members (excludes halogenated alkanes) is 3. The highest BCUT2D eigenvalue weighted by Crippen LogP contribution is 2.13. The van der Waals surface area contributed by atoms with Crippen molar-refractivity contribution in [1.82, 2.24) is 15.5 Å². The summed E-state index contributed by atoms with van der Waals surface area (Å²) < 4.78 is 4.65. The highest BCUT2D eigenvalue weighted by atomic mass is 127. The van der Waals surface area contributed by atoms with Gasteiger partial charge in [0, 0.05) is 33.1 Å². The molecule has 1 aliphatic heterocycles. The number of guanidine groups is 1.